The summed E-state index contributed by atoms with van der Waals surface area (Å²) in [7, 11) is -4.16. The first-order valence-corrected chi connectivity index (χ1v) is 4.98. The van der Waals surface area contributed by atoms with Crippen LogP contribution >= 0.6 is 0 Å². The van der Waals surface area contributed by atoms with Gasteiger partial charge in [-0.2, -0.15) is 8.42 Å². The highest BCUT2D eigenvalue weighted by Gasteiger charge is 2.08. The SMILES string of the molecule is O=CCc1cccc(S(=O)(=O)O)c1. The van der Waals surface area contributed by atoms with Crippen LogP contribution in [0.1, 0.15) is 5.56 Å². The van der Waals surface area contributed by atoms with Crippen LogP contribution < -0.4 is 0 Å². The average molecular weight is 200 g/mol. The van der Waals surface area contributed by atoms with Crippen LogP contribution in [0, 0.1) is 0 Å². The Morgan fingerprint density at radius 3 is 2.62 bits per heavy atom. The van der Waals surface area contributed by atoms with Gasteiger partial charge in [-0.3, -0.25) is 4.55 Å². The largest absolute Gasteiger partial charge is 0.303 e. The van der Waals surface area contributed by atoms with Crippen molar-refractivity contribution in [1.29, 1.82) is 0 Å². The summed E-state index contributed by atoms with van der Waals surface area (Å²) < 4.78 is 30.0. The van der Waals surface area contributed by atoms with Crippen molar-refractivity contribution in [3.05, 3.63) is 29.8 Å². The molecule has 0 aliphatic carbocycles. The number of benzene rings is 1. The molecule has 1 aromatic rings. The minimum atomic E-state index is -4.16. The van der Waals surface area contributed by atoms with E-state index in [1.807, 2.05) is 0 Å². The third kappa shape index (κ3) is 2.64. The van der Waals surface area contributed by atoms with Gasteiger partial charge in [0.25, 0.3) is 10.1 Å². The second kappa shape index (κ2) is 3.68. The van der Waals surface area contributed by atoms with Gasteiger partial charge in [0.05, 0.1) is 4.90 Å². The number of rotatable bonds is 3. The van der Waals surface area contributed by atoms with Gasteiger partial charge in [-0.05, 0) is 17.7 Å². The van der Waals surface area contributed by atoms with Gasteiger partial charge < -0.3 is 4.79 Å². The van der Waals surface area contributed by atoms with Gasteiger partial charge in [0, 0.05) is 6.42 Å². The molecule has 1 N–H and O–H groups in total. The second-order valence-corrected chi connectivity index (χ2v) is 3.91. The lowest BCUT2D eigenvalue weighted by atomic mass is 10.2. The average Bonchev–Trinajstić information content (AvgIpc) is 2.04. The van der Waals surface area contributed by atoms with Gasteiger partial charge in [0.2, 0.25) is 0 Å². The minimum Gasteiger partial charge on any atom is -0.303 e. The number of carbonyl (C=O) groups is 1. The molecule has 0 saturated heterocycles. The summed E-state index contributed by atoms with van der Waals surface area (Å²) in [5.41, 5.74) is 0.560. The summed E-state index contributed by atoms with van der Waals surface area (Å²) in [4.78, 5) is 9.94. The molecule has 0 radical (unpaired) electrons. The van der Waals surface area contributed by atoms with Crippen LogP contribution in [0.4, 0.5) is 0 Å². The lowest BCUT2D eigenvalue weighted by Gasteiger charge is -1.98. The lowest BCUT2D eigenvalue weighted by Crippen LogP contribution is -1.98. The van der Waals surface area contributed by atoms with E-state index in [2.05, 4.69) is 0 Å². The fourth-order valence-electron chi connectivity index (χ4n) is 0.929. The molecule has 0 bridgehead atoms. The Balaban J connectivity index is 3.13. The van der Waals surface area contributed by atoms with E-state index in [0.717, 1.165) is 0 Å². The van der Waals surface area contributed by atoms with Crippen molar-refractivity contribution in [3.8, 4) is 0 Å². The van der Waals surface area contributed by atoms with E-state index in [-0.39, 0.29) is 11.3 Å². The number of carbonyl (C=O) groups excluding carboxylic acids is 1. The third-order valence-corrected chi connectivity index (χ3v) is 2.36. The number of hydrogen-bond acceptors (Lipinski definition) is 3. The van der Waals surface area contributed by atoms with Crippen LogP contribution in [0.3, 0.4) is 0 Å². The molecule has 0 fully saturated rings. The number of hydrogen-bond donors (Lipinski definition) is 1. The molecule has 1 aromatic carbocycles. The zero-order chi connectivity index (χ0) is 9.90. The Bertz CT molecular complexity index is 408. The predicted molar refractivity (Wildman–Crippen MR) is 46.0 cm³/mol. The molecule has 0 aliphatic heterocycles. The van der Waals surface area contributed by atoms with Crippen molar-refractivity contribution in [3.63, 3.8) is 0 Å². The van der Waals surface area contributed by atoms with Crippen LogP contribution in [-0.4, -0.2) is 19.3 Å². The van der Waals surface area contributed by atoms with Gasteiger partial charge in [0.15, 0.2) is 0 Å². The van der Waals surface area contributed by atoms with Gasteiger partial charge >= 0.3 is 0 Å². The molecule has 5 heteroatoms. The summed E-state index contributed by atoms with van der Waals surface area (Å²) in [6.07, 6.45) is 0.812. The Labute approximate surface area is 76.0 Å². The molecule has 13 heavy (non-hydrogen) atoms. The van der Waals surface area contributed by atoms with Crippen molar-refractivity contribution in [2.24, 2.45) is 0 Å². The van der Waals surface area contributed by atoms with Crippen LogP contribution in [-0.2, 0) is 21.3 Å². The van der Waals surface area contributed by atoms with E-state index in [1.165, 1.54) is 18.2 Å². The molecule has 0 spiro atoms. The molecule has 0 aliphatic rings. The molecule has 1 rings (SSSR count). The van der Waals surface area contributed by atoms with Gasteiger partial charge in [0.1, 0.15) is 6.29 Å². The molecular weight excluding hydrogens is 192 g/mol. The standard InChI is InChI=1S/C8H8O4S/c9-5-4-7-2-1-3-8(6-7)13(10,11)12/h1-3,5-6H,4H2,(H,10,11,12). The normalized spacial score (nSPS) is 11.2. The first-order chi connectivity index (χ1) is 6.04. The quantitative estimate of drug-likeness (QED) is 0.575. The maximum atomic E-state index is 10.7. The molecule has 0 heterocycles. The molecule has 0 unspecified atom stereocenters. The van der Waals surface area contributed by atoms with Crippen LogP contribution in [0.25, 0.3) is 0 Å². The van der Waals surface area contributed by atoms with Crippen molar-refractivity contribution < 1.29 is 17.8 Å². The molecular formula is C8H8O4S. The smallest absolute Gasteiger partial charge is 0.294 e. The van der Waals surface area contributed by atoms with E-state index in [4.69, 9.17) is 4.55 Å². The van der Waals surface area contributed by atoms with E-state index in [0.29, 0.717) is 11.8 Å². The van der Waals surface area contributed by atoms with Gasteiger partial charge in [-0.15, -0.1) is 0 Å². The van der Waals surface area contributed by atoms with Gasteiger partial charge in [-0.25, -0.2) is 0 Å². The summed E-state index contributed by atoms with van der Waals surface area (Å²) in [5, 5.41) is 0. The molecule has 0 atom stereocenters. The van der Waals surface area contributed by atoms with Crippen molar-refractivity contribution in [1.82, 2.24) is 0 Å². The zero-order valence-corrected chi connectivity index (χ0v) is 7.49. The van der Waals surface area contributed by atoms with E-state index >= 15 is 0 Å². The lowest BCUT2D eigenvalue weighted by molar-refractivity contribution is -0.107. The highest BCUT2D eigenvalue weighted by molar-refractivity contribution is 7.85. The topological polar surface area (TPSA) is 71.4 Å². The van der Waals surface area contributed by atoms with Crippen molar-refractivity contribution >= 4 is 16.4 Å². The van der Waals surface area contributed by atoms with Crippen LogP contribution in [0.15, 0.2) is 29.2 Å². The predicted octanol–water partition coefficient (Wildman–Crippen LogP) is 0.675. The summed E-state index contributed by atoms with van der Waals surface area (Å²) in [6.45, 7) is 0. The fourth-order valence-corrected chi connectivity index (χ4v) is 1.48. The fraction of sp³-hybridized carbons (Fsp3) is 0.125. The number of aldehydes is 1. The van der Waals surface area contributed by atoms with E-state index in [9.17, 15) is 13.2 Å². The Hall–Kier alpha value is -1.20. The molecule has 0 aromatic heterocycles. The zero-order valence-electron chi connectivity index (χ0n) is 6.67. The Morgan fingerprint density at radius 1 is 1.38 bits per heavy atom. The third-order valence-electron chi connectivity index (χ3n) is 1.52. The summed E-state index contributed by atoms with van der Waals surface area (Å²) >= 11 is 0. The molecule has 0 saturated carbocycles. The van der Waals surface area contributed by atoms with Crippen molar-refractivity contribution in [2.45, 2.75) is 11.3 Å². The minimum absolute atomic E-state index is 0.142. The second-order valence-electron chi connectivity index (χ2n) is 2.49. The van der Waals surface area contributed by atoms with E-state index in [1.54, 1.807) is 6.07 Å². The first-order valence-electron chi connectivity index (χ1n) is 3.54. The summed E-state index contributed by atoms with van der Waals surface area (Å²) in [5.74, 6) is 0. The summed E-state index contributed by atoms with van der Waals surface area (Å²) in [6, 6.07) is 5.62. The van der Waals surface area contributed by atoms with Crippen LogP contribution in [0.5, 0.6) is 0 Å². The molecule has 0 amide bonds. The maximum Gasteiger partial charge on any atom is 0.294 e. The highest BCUT2D eigenvalue weighted by atomic mass is 32.2. The Morgan fingerprint density at radius 2 is 2.08 bits per heavy atom. The molecule has 4 nitrogen and oxygen atoms in total. The van der Waals surface area contributed by atoms with Crippen LogP contribution in [0.2, 0.25) is 0 Å². The first kappa shape index (κ1) is 9.88. The highest BCUT2D eigenvalue weighted by Crippen LogP contribution is 2.10. The molecule has 70 valence electrons. The monoisotopic (exact) mass is 200 g/mol. The maximum absolute atomic E-state index is 10.7. The van der Waals surface area contributed by atoms with Gasteiger partial charge in [-0.1, -0.05) is 12.1 Å². The van der Waals surface area contributed by atoms with E-state index < -0.39 is 10.1 Å². The van der Waals surface area contributed by atoms with Crippen molar-refractivity contribution in [2.75, 3.05) is 0 Å². The Kier molecular flexibility index (Phi) is 2.79.